The van der Waals surface area contributed by atoms with E-state index in [0.29, 0.717) is 0 Å². The zero-order chi connectivity index (χ0) is 10.7. The number of hydrogen-bond donors (Lipinski definition) is 1. The Balaban J connectivity index is 1.93. The van der Waals surface area contributed by atoms with Gasteiger partial charge in [0.05, 0.1) is 11.9 Å². The summed E-state index contributed by atoms with van der Waals surface area (Å²) in [6.45, 7) is 3.84. The Kier molecular flexibility index (Phi) is 3.43. The third kappa shape index (κ3) is 2.82. The molecule has 2 heterocycles. The van der Waals surface area contributed by atoms with Gasteiger partial charge in [-0.3, -0.25) is 4.68 Å². The smallest absolute Gasteiger partial charge is 0.0729 e. The summed E-state index contributed by atoms with van der Waals surface area (Å²) in [5.74, 6) is 0. The lowest BCUT2D eigenvalue weighted by molar-refractivity contribution is 0.660. The molecule has 0 atom stereocenters. The predicted octanol–water partition coefficient (Wildman–Crippen LogP) is 3.34. The molecular formula is C10H12BrN3S. The summed E-state index contributed by atoms with van der Waals surface area (Å²) < 4.78 is 3.06. The van der Waals surface area contributed by atoms with Crippen molar-refractivity contribution in [1.29, 1.82) is 0 Å². The average molecular weight is 286 g/mol. The molecule has 2 rings (SSSR count). The van der Waals surface area contributed by atoms with Crippen molar-refractivity contribution < 1.29 is 0 Å². The second-order valence-corrected chi connectivity index (χ2v) is 5.08. The van der Waals surface area contributed by atoms with Gasteiger partial charge in [-0.15, -0.1) is 11.3 Å². The Labute approximate surface area is 101 Å². The SMILES string of the molecule is CCn1cc(NCc2cc(Br)cs2)cn1. The van der Waals surface area contributed by atoms with Gasteiger partial charge in [0.1, 0.15) is 0 Å². The Morgan fingerprint density at radius 3 is 3.07 bits per heavy atom. The van der Waals surface area contributed by atoms with Crippen LogP contribution in [0.5, 0.6) is 0 Å². The van der Waals surface area contributed by atoms with Crippen molar-refractivity contribution in [1.82, 2.24) is 9.78 Å². The summed E-state index contributed by atoms with van der Waals surface area (Å²) in [4.78, 5) is 1.31. The van der Waals surface area contributed by atoms with Gasteiger partial charge in [-0.1, -0.05) is 0 Å². The first-order valence-electron chi connectivity index (χ1n) is 4.77. The third-order valence-corrected chi connectivity index (χ3v) is 3.74. The fourth-order valence-corrected chi connectivity index (χ4v) is 2.65. The van der Waals surface area contributed by atoms with Crippen LogP contribution in [0.3, 0.4) is 0 Å². The fourth-order valence-electron chi connectivity index (χ4n) is 1.26. The summed E-state index contributed by atoms with van der Waals surface area (Å²) in [5.41, 5.74) is 1.07. The molecule has 0 fully saturated rings. The maximum atomic E-state index is 4.20. The average Bonchev–Trinajstić information content (AvgIpc) is 2.83. The van der Waals surface area contributed by atoms with Crippen LogP contribution in [0, 0.1) is 0 Å². The van der Waals surface area contributed by atoms with Crippen LogP contribution in [-0.4, -0.2) is 9.78 Å². The van der Waals surface area contributed by atoms with E-state index < -0.39 is 0 Å². The minimum Gasteiger partial charge on any atom is -0.378 e. The quantitative estimate of drug-likeness (QED) is 0.934. The number of halogens is 1. The van der Waals surface area contributed by atoms with Crippen LogP contribution >= 0.6 is 27.3 Å². The van der Waals surface area contributed by atoms with Gasteiger partial charge in [-0.25, -0.2) is 0 Å². The summed E-state index contributed by atoms with van der Waals surface area (Å²) in [6.07, 6.45) is 3.87. The van der Waals surface area contributed by atoms with Crippen LogP contribution in [0.4, 0.5) is 5.69 Å². The first-order chi connectivity index (χ1) is 7.28. The van der Waals surface area contributed by atoms with E-state index in [0.717, 1.165) is 23.2 Å². The first kappa shape index (κ1) is 10.7. The molecule has 0 amide bonds. The number of nitrogens with zero attached hydrogens (tertiary/aromatic N) is 2. The zero-order valence-corrected chi connectivity index (χ0v) is 10.8. The number of nitrogens with one attached hydrogen (secondary N) is 1. The predicted molar refractivity (Wildman–Crippen MR) is 67.2 cm³/mol. The maximum Gasteiger partial charge on any atom is 0.0729 e. The van der Waals surface area contributed by atoms with Gasteiger partial charge in [0.15, 0.2) is 0 Å². The molecule has 5 heteroatoms. The van der Waals surface area contributed by atoms with Crippen LogP contribution in [0.25, 0.3) is 0 Å². The van der Waals surface area contributed by atoms with E-state index in [1.165, 1.54) is 4.88 Å². The van der Waals surface area contributed by atoms with Crippen LogP contribution in [0.15, 0.2) is 28.3 Å². The van der Waals surface area contributed by atoms with Gasteiger partial charge in [0, 0.05) is 34.0 Å². The highest BCUT2D eigenvalue weighted by atomic mass is 79.9. The Morgan fingerprint density at radius 1 is 1.60 bits per heavy atom. The number of hydrogen-bond acceptors (Lipinski definition) is 3. The van der Waals surface area contributed by atoms with E-state index in [1.807, 2.05) is 17.1 Å². The molecule has 0 aromatic carbocycles. The zero-order valence-electron chi connectivity index (χ0n) is 8.40. The molecule has 0 saturated carbocycles. The van der Waals surface area contributed by atoms with E-state index in [-0.39, 0.29) is 0 Å². The molecule has 0 aliphatic rings. The van der Waals surface area contributed by atoms with Crippen molar-refractivity contribution in [3.8, 4) is 0 Å². The van der Waals surface area contributed by atoms with Crippen LogP contribution < -0.4 is 5.32 Å². The molecule has 0 radical (unpaired) electrons. The monoisotopic (exact) mass is 285 g/mol. The lowest BCUT2D eigenvalue weighted by atomic mass is 10.4. The van der Waals surface area contributed by atoms with Crippen molar-refractivity contribution in [2.75, 3.05) is 5.32 Å². The Bertz CT molecular complexity index is 435. The topological polar surface area (TPSA) is 29.9 Å². The minimum absolute atomic E-state index is 0.853. The maximum absolute atomic E-state index is 4.20. The Morgan fingerprint density at radius 2 is 2.47 bits per heavy atom. The van der Waals surface area contributed by atoms with Gasteiger partial charge in [-0.05, 0) is 28.9 Å². The van der Waals surface area contributed by atoms with Gasteiger partial charge < -0.3 is 5.32 Å². The van der Waals surface area contributed by atoms with Gasteiger partial charge in [0.2, 0.25) is 0 Å². The molecule has 0 saturated heterocycles. The van der Waals surface area contributed by atoms with Crippen LogP contribution in [0.2, 0.25) is 0 Å². The van der Waals surface area contributed by atoms with Crippen LogP contribution in [0.1, 0.15) is 11.8 Å². The molecule has 0 bridgehead atoms. The minimum atomic E-state index is 0.853. The van der Waals surface area contributed by atoms with Crippen molar-refractivity contribution in [3.05, 3.63) is 33.2 Å². The lowest BCUT2D eigenvalue weighted by Crippen LogP contribution is -1.96. The molecule has 1 N–H and O–H groups in total. The van der Waals surface area contributed by atoms with Crippen molar-refractivity contribution in [2.45, 2.75) is 20.0 Å². The van der Waals surface area contributed by atoms with Crippen molar-refractivity contribution in [3.63, 3.8) is 0 Å². The molecule has 0 spiro atoms. The number of aryl methyl sites for hydroxylation is 1. The number of anilines is 1. The molecule has 0 aliphatic carbocycles. The third-order valence-electron chi connectivity index (χ3n) is 2.05. The molecule has 0 aliphatic heterocycles. The highest BCUT2D eigenvalue weighted by Gasteiger charge is 1.99. The first-order valence-corrected chi connectivity index (χ1v) is 6.44. The highest BCUT2D eigenvalue weighted by molar-refractivity contribution is 9.10. The second-order valence-electron chi connectivity index (χ2n) is 3.17. The largest absolute Gasteiger partial charge is 0.378 e. The molecule has 2 aromatic heterocycles. The van der Waals surface area contributed by atoms with Gasteiger partial charge >= 0.3 is 0 Å². The standard InChI is InChI=1S/C10H12BrN3S/c1-2-14-6-9(4-13-14)12-5-10-3-8(11)7-15-10/h3-4,6-7,12H,2,5H2,1H3. The molecular weight excluding hydrogens is 274 g/mol. The lowest BCUT2D eigenvalue weighted by Gasteiger charge is -1.99. The van der Waals surface area contributed by atoms with Crippen molar-refractivity contribution >= 4 is 33.0 Å². The molecule has 15 heavy (non-hydrogen) atoms. The fraction of sp³-hybridized carbons (Fsp3) is 0.300. The molecule has 0 unspecified atom stereocenters. The van der Waals surface area contributed by atoms with Crippen molar-refractivity contribution in [2.24, 2.45) is 0 Å². The summed E-state index contributed by atoms with van der Waals surface area (Å²) in [6, 6.07) is 2.13. The highest BCUT2D eigenvalue weighted by Crippen LogP contribution is 2.20. The van der Waals surface area contributed by atoms with E-state index in [4.69, 9.17) is 0 Å². The van der Waals surface area contributed by atoms with E-state index in [9.17, 15) is 0 Å². The van der Waals surface area contributed by atoms with E-state index in [2.05, 4.69) is 44.7 Å². The number of thiophene rings is 1. The van der Waals surface area contributed by atoms with E-state index >= 15 is 0 Å². The molecule has 3 nitrogen and oxygen atoms in total. The summed E-state index contributed by atoms with van der Waals surface area (Å²) in [5, 5.41) is 9.63. The number of rotatable bonds is 4. The number of aromatic nitrogens is 2. The summed E-state index contributed by atoms with van der Waals surface area (Å²) in [7, 11) is 0. The van der Waals surface area contributed by atoms with E-state index in [1.54, 1.807) is 11.3 Å². The van der Waals surface area contributed by atoms with Gasteiger partial charge in [0.25, 0.3) is 0 Å². The van der Waals surface area contributed by atoms with Crippen LogP contribution in [-0.2, 0) is 13.1 Å². The normalized spacial score (nSPS) is 10.5. The van der Waals surface area contributed by atoms with Gasteiger partial charge in [-0.2, -0.15) is 5.10 Å². The molecule has 2 aromatic rings. The molecule has 80 valence electrons. The summed E-state index contributed by atoms with van der Waals surface area (Å²) >= 11 is 5.18. The second kappa shape index (κ2) is 4.81. The Hall–Kier alpha value is -0.810.